The number of thiophene rings is 1. The number of halogens is 1. The Morgan fingerprint density at radius 3 is 2.74 bits per heavy atom. The number of rotatable bonds is 3. The molecule has 19 heavy (non-hydrogen) atoms. The van der Waals surface area contributed by atoms with Gasteiger partial charge in [-0.25, -0.2) is 0 Å². The highest BCUT2D eigenvalue weighted by atomic mass is 35.5. The van der Waals surface area contributed by atoms with Gasteiger partial charge in [0.05, 0.1) is 16.8 Å². The fraction of sp³-hybridized carbons (Fsp3) is 0.0667. The first-order valence-corrected chi connectivity index (χ1v) is 7.11. The van der Waals surface area contributed by atoms with Crippen LogP contribution in [0.3, 0.4) is 0 Å². The Morgan fingerprint density at radius 1 is 1.05 bits per heavy atom. The van der Waals surface area contributed by atoms with Crippen LogP contribution in [0.25, 0.3) is 10.6 Å². The maximum atomic E-state index is 6.18. The molecule has 3 aromatic rings. The molecule has 2 nitrogen and oxygen atoms in total. The second-order valence-electron chi connectivity index (χ2n) is 4.12. The Kier molecular flexibility index (Phi) is 3.58. The van der Waals surface area contributed by atoms with E-state index in [2.05, 4.69) is 28.2 Å². The number of hydrogen-bond acceptors (Lipinski definition) is 3. The van der Waals surface area contributed by atoms with E-state index in [0.29, 0.717) is 0 Å². The van der Waals surface area contributed by atoms with Crippen molar-refractivity contribution in [2.24, 2.45) is 0 Å². The van der Waals surface area contributed by atoms with Gasteiger partial charge in [-0.05, 0) is 23.8 Å². The SMILES string of the molecule is Clc1ccccc1Cc1ccc(-c2cnccn2)s1. The molecule has 0 saturated carbocycles. The summed E-state index contributed by atoms with van der Waals surface area (Å²) in [5, 5.41) is 0.817. The zero-order valence-corrected chi connectivity index (χ0v) is 11.7. The van der Waals surface area contributed by atoms with Crippen LogP contribution < -0.4 is 0 Å². The van der Waals surface area contributed by atoms with E-state index in [1.165, 1.54) is 4.88 Å². The minimum Gasteiger partial charge on any atom is -0.261 e. The lowest BCUT2D eigenvalue weighted by atomic mass is 10.1. The first kappa shape index (κ1) is 12.3. The molecule has 0 radical (unpaired) electrons. The molecule has 0 saturated heterocycles. The molecular weight excluding hydrogens is 276 g/mol. The predicted octanol–water partition coefficient (Wildman–Crippen LogP) is 4.45. The van der Waals surface area contributed by atoms with E-state index in [-0.39, 0.29) is 0 Å². The normalized spacial score (nSPS) is 10.6. The van der Waals surface area contributed by atoms with Crippen molar-refractivity contribution in [3.8, 4) is 10.6 Å². The fourth-order valence-electron chi connectivity index (χ4n) is 1.87. The second-order valence-corrected chi connectivity index (χ2v) is 5.70. The number of aromatic nitrogens is 2. The Balaban J connectivity index is 1.85. The zero-order chi connectivity index (χ0) is 13.1. The van der Waals surface area contributed by atoms with Gasteiger partial charge >= 0.3 is 0 Å². The molecule has 1 aromatic carbocycles. The molecule has 0 aliphatic rings. The molecule has 0 amide bonds. The van der Waals surface area contributed by atoms with Gasteiger partial charge < -0.3 is 0 Å². The fourth-order valence-corrected chi connectivity index (χ4v) is 3.06. The molecule has 0 atom stereocenters. The minimum atomic E-state index is 0.817. The van der Waals surface area contributed by atoms with Gasteiger partial charge in [0.25, 0.3) is 0 Å². The van der Waals surface area contributed by atoms with E-state index in [0.717, 1.165) is 27.6 Å². The highest BCUT2D eigenvalue weighted by Crippen LogP contribution is 2.29. The maximum absolute atomic E-state index is 6.18. The van der Waals surface area contributed by atoms with Crippen LogP contribution in [-0.4, -0.2) is 9.97 Å². The van der Waals surface area contributed by atoms with Gasteiger partial charge in [-0.15, -0.1) is 11.3 Å². The molecule has 2 heterocycles. The van der Waals surface area contributed by atoms with Crippen molar-refractivity contribution < 1.29 is 0 Å². The van der Waals surface area contributed by atoms with Crippen LogP contribution in [0.2, 0.25) is 5.02 Å². The van der Waals surface area contributed by atoms with Crippen LogP contribution in [0.15, 0.2) is 55.0 Å². The Bertz CT molecular complexity index is 679. The Hall–Kier alpha value is -1.71. The first-order valence-electron chi connectivity index (χ1n) is 5.91. The molecule has 3 rings (SSSR count). The third kappa shape index (κ3) is 2.83. The third-order valence-electron chi connectivity index (χ3n) is 2.80. The maximum Gasteiger partial charge on any atom is 0.0984 e. The van der Waals surface area contributed by atoms with Gasteiger partial charge in [0.2, 0.25) is 0 Å². The molecule has 94 valence electrons. The molecule has 0 bridgehead atoms. The van der Waals surface area contributed by atoms with Crippen molar-refractivity contribution in [1.82, 2.24) is 9.97 Å². The topological polar surface area (TPSA) is 25.8 Å². The van der Waals surface area contributed by atoms with Crippen molar-refractivity contribution >= 4 is 22.9 Å². The molecule has 0 unspecified atom stereocenters. The van der Waals surface area contributed by atoms with Gasteiger partial charge in [-0.2, -0.15) is 0 Å². The average Bonchev–Trinajstić information content (AvgIpc) is 2.91. The summed E-state index contributed by atoms with van der Waals surface area (Å²) in [6, 6.07) is 12.2. The van der Waals surface area contributed by atoms with E-state index >= 15 is 0 Å². The summed E-state index contributed by atoms with van der Waals surface area (Å²) < 4.78 is 0. The van der Waals surface area contributed by atoms with Crippen molar-refractivity contribution in [3.63, 3.8) is 0 Å². The molecule has 0 aliphatic carbocycles. The lowest BCUT2D eigenvalue weighted by Crippen LogP contribution is -1.85. The van der Waals surface area contributed by atoms with Crippen molar-refractivity contribution in [1.29, 1.82) is 0 Å². The molecule has 0 aliphatic heterocycles. The summed E-state index contributed by atoms with van der Waals surface area (Å²) in [5.74, 6) is 0. The van der Waals surface area contributed by atoms with Crippen LogP contribution in [0, 0.1) is 0 Å². The minimum absolute atomic E-state index is 0.817. The highest BCUT2D eigenvalue weighted by molar-refractivity contribution is 7.15. The van der Waals surface area contributed by atoms with E-state index in [9.17, 15) is 0 Å². The van der Waals surface area contributed by atoms with Crippen LogP contribution in [0.1, 0.15) is 10.4 Å². The third-order valence-corrected chi connectivity index (χ3v) is 4.28. The molecule has 4 heteroatoms. The first-order chi connectivity index (χ1) is 9.33. The second kappa shape index (κ2) is 5.51. The average molecular weight is 287 g/mol. The van der Waals surface area contributed by atoms with Gasteiger partial charge in [-0.1, -0.05) is 29.8 Å². The summed E-state index contributed by atoms with van der Waals surface area (Å²) in [6.45, 7) is 0. The van der Waals surface area contributed by atoms with Gasteiger partial charge in [0, 0.05) is 28.7 Å². The van der Waals surface area contributed by atoms with E-state index in [4.69, 9.17) is 11.6 Å². The molecule has 0 N–H and O–H groups in total. The van der Waals surface area contributed by atoms with E-state index in [1.807, 2.05) is 18.2 Å². The van der Waals surface area contributed by atoms with Crippen LogP contribution in [0.5, 0.6) is 0 Å². The lowest BCUT2D eigenvalue weighted by Gasteiger charge is -2.01. The summed E-state index contributed by atoms with van der Waals surface area (Å²) in [5.41, 5.74) is 2.06. The van der Waals surface area contributed by atoms with Crippen molar-refractivity contribution in [3.05, 3.63) is 70.5 Å². The van der Waals surface area contributed by atoms with Gasteiger partial charge in [0.15, 0.2) is 0 Å². The number of nitrogens with zero attached hydrogens (tertiary/aromatic N) is 2. The quantitative estimate of drug-likeness (QED) is 0.711. The molecule has 0 fully saturated rings. The van der Waals surface area contributed by atoms with E-state index in [1.54, 1.807) is 29.9 Å². The largest absolute Gasteiger partial charge is 0.261 e. The van der Waals surface area contributed by atoms with Crippen molar-refractivity contribution in [2.45, 2.75) is 6.42 Å². The number of benzene rings is 1. The van der Waals surface area contributed by atoms with Crippen LogP contribution in [-0.2, 0) is 6.42 Å². The van der Waals surface area contributed by atoms with E-state index < -0.39 is 0 Å². The summed E-state index contributed by atoms with van der Waals surface area (Å²) in [4.78, 5) is 10.8. The molecule has 2 aromatic heterocycles. The predicted molar refractivity (Wildman–Crippen MR) is 79.6 cm³/mol. The van der Waals surface area contributed by atoms with Crippen molar-refractivity contribution in [2.75, 3.05) is 0 Å². The van der Waals surface area contributed by atoms with Gasteiger partial charge in [0.1, 0.15) is 0 Å². The Morgan fingerprint density at radius 2 is 1.95 bits per heavy atom. The smallest absolute Gasteiger partial charge is 0.0984 e. The summed E-state index contributed by atoms with van der Waals surface area (Å²) >= 11 is 7.91. The standard InChI is InChI=1S/C15H11ClN2S/c16-13-4-2-1-3-11(13)9-12-5-6-15(19-12)14-10-17-7-8-18-14/h1-8,10H,9H2. The molecular formula is C15H11ClN2S. The lowest BCUT2D eigenvalue weighted by molar-refractivity contribution is 1.21. The monoisotopic (exact) mass is 286 g/mol. The van der Waals surface area contributed by atoms with Crippen LogP contribution in [0.4, 0.5) is 0 Å². The molecule has 0 spiro atoms. The Labute approximate surface area is 120 Å². The van der Waals surface area contributed by atoms with Gasteiger partial charge in [-0.3, -0.25) is 9.97 Å². The summed E-state index contributed by atoms with van der Waals surface area (Å²) in [7, 11) is 0. The number of hydrogen-bond donors (Lipinski definition) is 0. The zero-order valence-electron chi connectivity index (χ0n) is 10.1. The highest BCUT2D eigenvalue weighted by Gasteiger charge is 2.06. The summed E-state index contributed by atoms with van der Waals surface area (Å²) in [6.07, 6.45) is 6.03. The van der Waals surface area contributed by atoms with Crippen LogP contribution >= 0.6 is 22.9 Å².